The van der Waals surface area contributed by atoms with E-state index in [0.717, 1.165) is 50.6 Å². The van der Waals surface area contributed by atoms with E-state index in [-0.39, 0.29) is 0 Å². The Bertz CT molecular complexity index is 511. The summed E-state index contributed by atoms with van der Waals surface area (Å²) in [6.07, 6.45) is 6.11. The molecule has 4 rings (SSSR count). The number of nitrogens with one attached hydrogen (secondary N) is 1. The van der Waals surface area contributed by atoms with Gasteiger partial charge in [0, 0.05) is 45.0 Å². The van der Waals surface area contributed by atoms with E-state index >= 15 is 0 Å². The number of aromatic amines is 1. The quantitative estimate of drug-likeness (QED) is 0.921. The molecular formula is C18H30N4O. The number of hydrogen-bond acceptors (Lipinski definition) is 4. The maximum atomic E-state index is 5.50. The molecule has 3 fully saturated rings. The van der Waals surface area contributed by atoms with Crippen molar-refractivity contribution in [3.63, 3.8) is 0 Å². The minimum atomic E-state index is 0.886. The van der Waals surface area contributed by atoms with Gasteiger partial charge in [-0.2, -0.15) is 0 Å². The summed E-state index contributed by atoms with van der Waals surface area (Å²) >= 11 is 0. The molecule has 1 aromatic heterocycles. The number of hydrogen-bond donors (Lipinski definition) is 1. The van der Waals surface area contributed by atoms with Crippen LogP contribution >= 0.6 is 0 Å². The summed E-state index contributed by atoms with van der Waals surface area (Å²) in [5.41, 5.74) is 2.46. The second kappa shape index (κ2) is 6.91. The number of fused-ring (bicyclic) bond motifs is 1. The SMILES string of the molecule is Cc1[nH]cnc1CN1C[C@@H]2CCC[C@H](CN3CCOCC3)[C@@H]2C1. The molecule has 5 nitrogen and oxygen atoms in total. The second-order valence-electron chi connectivity index (χ2n) is 7.70. The van der Waals surface area contributed by atoms with Crippen molar-refractivity contribution in [2.45, 2.75) is 32.7 Å². The van der Waals surface area contributed by atoms with Crippen LogP contribution in [0.5, 0.6) is 0 Å². The fourth-order valence-electron chi connectivity index (χ4n) is 4.91. The molecule has 3 heterocycles. The van der Waals surface area contributed by atoms with Crippen molar-refractivity contribution in [1.82, 2.24) is 19.8 Å². The molecule has 1 aliphatic carbocycles. The third kappa shape index (κ3) is 3.47. The molecular weight excluding hydrogens is 288 g/mol. The summed E-state index contributed by atoms with van der Waals surface area (Å²) < 4.78 is 5.50. The zero-order valence-electron chi connectivity index (χ0n) is 14.3. The van der Waals surface area contributed by atoms with Gasteiger partial charge in [-0.05, 0) is 37.5 Å². The number of H-pyrrole nitrogens is 1. The number of aryl methyl sites for hydroxylation is 1. The molecule has 3 aliphatic rings. The van der Waals surface area contributed by atoms with Gasteiger partial charge in [0.1, 0.15) is 0 Å². The summed E-state index contributed by atoms with van der Waals surface area (Å²) in [4.78, 5) is 13.0. The van der Waals surface area contributed by atoms with Gasteiger partial charge in [0.15, 0.2) is 0 Å². The zero-order valence-corrected chi connectivity index (χ0v) is 14.3. The van der Waals surface area contributed by atoms with E-state index in [2.05, 4.69) is 26.7 Å². The van der Waals surface area contributed by atoms with Gasteiger partial charge in [0.2, 0.25) is 0 Å². The lowest BCUT2D eigenvalue weighted by atomic mass is 9.73. The first-order chi connectivity index (χ1) is 11.3. The molecule has 0 aromatic carbocycles. The smallest absolute Gasteiger partial charge is 0.0925 e. The van der Waals surface area contributed by atoms with Crippen LogP contribution in [-0.4, -0.2) is 65.7 Å². The van der Waals surface area contributed by atoms with Crippen molar-refractivity contribution in [3.8, 4) is 0 Å². The fraction of sp³-hybridized carbons (Fsp3) is 0.833. The standard InChI is InChI=1S/C18H30N4O/c1-14-18(20-13-19-14)12-22-10-16-4-2-3-15(17(16)11-22)9-21-5-7-23-8-6-21/h13,15-17H,2-12H2,1H3,(H,19,20)/t15-,16+,17+/m1/s1. The van der Waals surface area contributed by atoms with Crippen molar-refractivity contribution in [2.24, 2.45) is 17.8 Å². The largest absolute Gasteiger partial charge is 0.379 e. The van der Waals surface area contributed by atoms with Crippen LogP contribution in [0.1, 0.15) is 30.7 Å². The van der Waals surface area contributed by atoms with Crippen molar-refractivity contribution in [2.75, 3.05) is 45.9 Å². The molecule has 0 unspecified atom stereocenters. The predicted molar refractivity (Wildman–Crippen MR) is 90.2 cm³/mol. The number of likely N-dealkylation sites (tertiary alicyclic amines) is 1. The van der Waals surface area contributed by atoms with E-state index in [1.165, 1.54) is 50.3 Å². The minimum Gasteiger partial charge on any atom is -0.379 e. The summed E-state index contributed by atoms with van der Waals surface area (Å²) in [6, 6.07) is 0. The third-order valence-corrected chi connectivity index (χ3v) is 6.23. The summed E-state index contributed by atoms with van der Waals surface area (Å²) in [5.74, 6) is 2.69. The molecule has 0 bridgehead atoms. The first-order valence-corrected chi connectivity index (χ1v) is 9.31. The molecule has 2 aliphatic heterocycles. The molecule has 1 saturated carbocycles. The molecule has 0 radical (unpaired) electrons. The van der Waals surface area contributed by atoms with Gasteiger partial charge in [0.25, 0.3) is 0 Å². The molecule has 1 aromatic rings. The highest BCUT2D eigenvalue weighted by molar-refractivity contribution is 5.09. The van der Waals surface area contributed by atoms with E-state index < -0.39 is 0 Å². The van der Waals surface area contributed by atoms with Crippen LogP contribution in [0.15, 0.2) is 6.33 Å². The van der Waals surface area contributed by atoms with Gasteiger partial charge in [0.05, 0.1) is 25.2 Å². The molecule has 1 N–H and O–H groups in total. The molecule has 5 heteroatoms. The van der Waals surface area contributed by atoms with Crippen LogP contribution in [-0.2, 0) is 11.3 Å². The predicted octanol–water partition coefficient (Wildman–Crippen LogP) is 1.90. The first-order valence-electron chi connectivity index (χ1n) is 9.31. The van der Waals surface area contributed by atoms with Crippen molar-refractivity contribution in [1.29, 1.82) is 0 Å². The molecule has 128 valence electrons. The van der Waals surface area contributed by atoms with Gasteiger partial charge in [-0.15, -0.1) is 0 Å². The maximum Gasteiger partial charge on any atom is 0.0925 e. The highest BCUT2D eigenvalue weighted by atomic mass is 16.5. The van der Waals surface area contributed by atoms with Crippen molar-refractivity contribution < 1.29 is 4.74 Å². The van der Waals surface area contributed by atoms with Gasteiger partial charge in [-0.1, -0.05) is 6.42 Å². The number of morpholine rings is 1. The van der Waals surface area contributed by atoms with Gasteiger partial charge >= 0.3 is 0 Å². The van der Waals surface area contributed by atoms with Crippen LogP contribution in [0.2, 0.25) is 0 Å². The third-order valence-electron chi connectivity index (χ3n) is 6.23. The van der Waals surface area contributed by atoms with Crippen LogP contribution in [0, 0.1) is 24.7 Å². The van der Waals surface area contributed by atoms with Gasteiger partial charge < -0.3 is 9.72 Å². The molecule has 23 heavy (non-hydrogen) atoms. The van der Waals surface area contributed by atoms with Crippen molar-refractivity contribution in [3.05, 3.63) is 17.7 Å². The van der Waals surface area contributed by atoms with Crippen LogP contribution in [0.3, 0.4) is 0 Å². The summed E-state index contributed by atoms with van der Waals surface area (Å²) in [6.45, 7) is 11.1. The molecule has 0 spiro atoms. The highest BCUT2D eigenvalue weighted by Crippen LogP contribution is 2.41. The number of imidazole rings is 1. The minimum absolute atomic E-state index is 0.886. The monoisotopic (exact) mass is 318 g/mol. The Morgan fingerprint density at radius 3 is 2.87 bits per heavy atom. The molecule has 2 saturated heterocycles. The van der Waals surface area contributed by atoms with Crippen LogP contribution in [0.25, 0.3) is 0 Å². The Hall–Kier alpha value is -0.910. The van der Waals surface area contributed by atoms with Gasteiger partial charge in [-0.3, -0.25) is 9.80 Å². The molecule has 0 amide bonds. The Balaban J connectivity index is 1.37. The topological polar surface area (TPSA) is 44.4 Å². The van der Waals surface area contributed by atoms with E-state index in [9.17, 15) is 0 Å². The van der Waals surface area contributed by atoms with E-state index in [1.54, 1.807) is 0 Å². The Kier molecular flexibility index (Phi) is 4.69. The summed E-state index contributed by atoms with van der Waals surface area (Å²) in [5, 5.41) is 0. The Morgan fingerprint density at radius 2 is 2.09 bits per heavy atom. The van der Waals surface area contributed by atoms with Crippen LogP contribution in [0.4, 0.5) is 0 Å². The van der Waals surface area contributed by atoms with Crippen molar-refractivity contribution >= 4 is 0 Å². The summed E-state index contributed by atoms with van der Waals surface area (Å²) in [7, 11) is 0. The Morgan fingerprint density at radius 1 is 1.22 bits per heavy atom. The zero-order chi connectivity index (χ0) is 15.6. The van der Waals surface area contributed by atoms with E-state index in [1.807, 2.05) is 6.33 Å². The lowest BCUT2D eigenvalue weighted by molar-refractivity contribution is 0.0192. The number of ether oxygens (including phenoxy) is 1. The van der Waals surface area contributed by atoms with E-state index in [0.29, 0.717) is 0 Å². The van der Waals surface area contributed by atoms with Crippen LogP contribution < -0.4 is 0 Å². The average Bonchev–Trinajstić information content (AvgIpc) is 3.16. The number of aromatic nitrogens is 2. The highest BCUT2D eigenvalue weighted by Gasteiger charge is 2.40. The lowest BCUT2D eigenvalue weighted by Crippen LogP contribution is -2.43. The second-order valence-corrected chi connectivity index (χ2v) is 7.70. The molecule has 3 atom stereocenters. The normalized spacial score (nSPS) is 33.0. The maximum absolute atomic E-state index is 5.50. The average molecular weight is 318 g/mol. The Labute approximate surface area is 139 Å². The number of nitrogens with zero attached hydrogens (tertiary/aromatic N) is 3. The fourth-order valence-corrected chi connectivity index (χ4v) is 4.91. The van der Waals surface area contributed by atoms with Gasteiger partial charge in [-0.25, -0.2) is 4.98 Å². The number of rotatable bonds is 4. The van der Waals surface area contributed by atoms with E-state index in [4.69, 9.17) is 4.74 Å². The first kappa shape index (κ1) is 15.6. The lowest BCUT2D eigenvalue weighted by Gasteiger charge is -2.37.